The number of rotatable bonds is 31. The number of benzene rings is 2. The fourth-order valence-corrected chi connectivity index (χ4v) is 14.9. The van der Waals surface area contributed by atoms with E-state index in [-0.39, 0.29) is 86.8 Å². The van der Waals surface area contributed by atoms with E-state index in [1.165, 1.54) is 37.1 Å². The lowest BCUT2D eigenvalue weighted by Gasteiger charge is -2.38. The Morgan fingerprint density at radius 3 is 2.15 bits per heavy atom. The number of H-pyrrole nitrogens is 1. The zero-order chi connectivity index (χ0) is 84.5. The van der Waals surface area contributed by atoms with E-state index in [0.717, 1.165) is 4.90 Å². The van der Waals surface area contributed by atoms with Crippen LogP contribution in [0.2, 0.25) is 0 Å². The molecule has 40 heteroatoms. The molecule has 10 amide bonds. The van der Waals surface area contributed by atoms with Gasteiger partial charge in [0.2, 0.25) is 41.4 Å². The van der Waals surface area contributed by atoms with Gasteiger partial charge in [-0.1, -0.05) is 46.1 Å². The van der Waals surface area contributed by atoms with Crippen molar-refractivity contribution in [3.05, 3.63) is 53.1 Å². The van der Waals surface area contributed by atoms with E-state index in [1.807, 2.05) is 0 Å². The first kappa shape index (κ1) is 92.6. The number of primary amides is 1. The van der Waals surface area contributed by atoms with Crippen molar-refractivity contribution < 1.29 is 136 Å². The monoisotopic (exact) mass is 1640 g/mol. The maximum Gasteiger partial charge on any atom is 0.431 e. The number of aliphatic carboxylic acids is 1. The average Bonchev–Trinajstić information content (AvgIpc) is 1.64. The Bertz CT molecular complexity index is 3950. The van der Waals surface area contributed by atoms with Crippen LogP contribution in [0, 0.1) is 29.6 Å². The molecule has 1 aliphatic carbocycles. The van der Waals surface area contributed by atoms with Crippen molar-refractivity contribution in [3.63, 3.8) is 0 Å². The number of aliphatic hydroxyl groups excluding tert-OH is 6. The molecule has 115 heavy (non-hydrogen) atoms. The molecule has 1 saturated heterocycles. The molecule has 1 aromatic heterocycles. The summed E-state index contributed by atoms with van der Waals surface area (Å²) in [6.45, 7) is 7.33. The van der Waals surface area contributed by atoms with Crippen molar-refractivity contribution in [2.75, 3.05) is 91.8 Å². The summed E-state index contributed by atoms with van der Waals surface area (Å²) in [5, 5.41) is 89.1. The number of aromatic amines is 1. The molecule has 16 atom stereocenters. The molecule has 4 heterocycles. The standard InChI is InChI=1S/C75H109N11O28S/c1-8-39(2)61-69(101)79-33-59(93)80-51-38-115(107)70-47(26-42(66(98)78-34-60(94)82-61)27-54(90)62(40(3)55(91)36-87)83-68(100)52-30-44(88)35-86(52)71(102)43(28-53(51)89)29-58(76)92)46-15-14-45(31-50(46)81-70)110-19-12-10-9-11-18-85(7)74(106)111-37-41-13-16-56(113-57-32-49(72(103)104)63(95)65(97)64(57)96)48(25-41)67(99)77-17-20-108-21-22-109-23-24-112-84-73(105)114-75(4,5)6/h13-16,25,31,39-40,42-44,49,51-52,55,57,61-65,81,87-88,91,95-97H,8-12,17-24,26-30,32-38H2,1-7H3,(H2,76,92)(H,77,99)(H,78,98)(H,79,101)(H,80,93)(H,82,94)(H,83,100)(H,84,105)(H,103,104)/t39-,40-,42+,43-,44+,49-,51-,52-,55-,57?,61-,62-,63+,64-,65-,115?/m0/s1. The molecular formula is C75H109N11O28S. The number of hydrogen-bond donors (Lipinski definition) is 16. The van der Waals surface area contributed by atoms with Gasteiger partial charge < -0.3 is 117 Å². The van der Waals surface area contributed by atoms with Gasteiger partial charge in [-0.05, 0) is 81.3 Å². The number of nitrogens with two attached hydrogens (primary N) is 1. The van der Waals surface area contributed by atoms with Gasteiger partial charge in [-0.25, -0.2) is 9.59 Å². The molecule has 2 aromatic carbocycles. The number of ether oxygens (including phenoxy) is 6. The number of fused-ring (bicyclic) bond motifs is 5. The van der Waals surface area contributed by atoms with Gasteiger partial charge in [0.1, 0.15) is 59.1 Å². The van der Waals surface area contributed by atoms with E-state index in [1.54, 1.807) is 52.8 Å². The Hall–Kier alpha value is -9.52. The molecule has 2 unspecified atom stereocenters. The van der Waals surface area contributed by atoms with Crippen LogP contribution in [0.15, 0.2) is 41.4 Å². The Balaban J connectivity index is 1.04. The lowest BCUT2D eigenvalue weighted by molar-refractivity contribution is -0.174. The fraction of sp³-hybridized carbons (Fsp3) is 0.640. The van der Waals surface area contributed by atoms with Crippen molar-refractivity contribution in [1.29, 1.82) is 0 Å². The minimum Gasteiger partial charge on any atom is -0.494 e. The molecule has 3 aromatic rings. The number of carbonyl (C=O) groups excluding carboxylic acids is 12. The first-order chi connectivity index (χ1) is 54.5. The SMILES string of the molecule is CC[C@H](C)[C@@H]1NC(=O)CNC(=O)[C@H]2CC(=O)[C@H]([C@@H](C)[C@@H](O)CO)NC(=O)[C@@H]3C[C@@H](O)CN3C(=O)[C@H](CC(N)=O)CC(=O)[C@H](CS(=O)c3[nH]c4cc(OCCCCCCN(C)C(=O)OCc5ccc(OC6C[C@H](C(=O)O)[C@@H](O)[C@H](O)[C@H]6O)c(C(=O)NCCOCCOCCONC(=O)OC(C)(C)C)c5)ccc4c3C2)NC(=O)CNC1=O. The van der Waals surface area contributed by atoms with Crippen LogP contribution < -0.4 is 52.6 Å². The summed E-state index contributed by atoms with van der Waals surface area (Å²) >= 11 is 0. The molecule has 0 spiro atoms. The summed E-state index contributed by atoms with van der Waals surface area (Å²) in [5.74, 6) is -17.8. The summed E-state index contributed by atoms with van der Waals surface area (Å²) < 4.78 is 49.1. The highest BCUT2D eigenvalue weighted by Crippen LogP contribution is 2.35. The van der Waals surface area contributed by atoms with E-state index in [0.29, 0.717) is 48.8 Å². The summed E-state index contributed by atoms with van der Waals surface area (Å²) in [7, 11) is -0.886. The number of unbranched alkanes of at least 4 members (excludes halogenated alkanes) is 3. The molecule has 3 aliphatic heterocycles. The second-order valence-corrected chi connectivity index (χ2v) is 31.5. The highest BCUT2D eigenvalue weighted by molar-refractivity contribution is 7.85. The molecule has 17 N–H and O–H groups in total. The van der Waals surface area contributed by atoms with E-state index >= 15 is 4.21 Å². The second-order valence-electron chi connectivity index (χ2n) is 30.1. The molecule has 4 aliphatic rings. The average molecular weight is 1640 g/mol. The maximum atomic E-state index is 15.3. The first-order valence-corrected chi connectivity index (χ1v) is 39.5. The minimum atomic E-state index is -2.41. The Morgan fingerprint density at radius 2 is 1.46 bits per heavy atom. The molecule has 7 rings (SSSR count). The fourth-order valence-electron chi connectivity index (χ4n) is 13.5. The zero-order valence-corrected chi connectivity index (χ0v) is 66.2. The molecule has 2 bridgehead atoms. The number of nitrogens with zero attached hydrogens (tertiary/aromatic N) is 2. The minimum absolute atomic E-state index is 0.0175. The second kappa shape index (κ2) is 44.0. The van der Waals surface area contributed by atoms with Crippen molar-refractivity contribution in [3.8, 4) is 11.5 Å². The van der Waals surface area contributed by atoms with Gasteiger partial charge in [0.15, 0.2) is 11.6 Å². The predicted octanol–water partition coefficient (Wildman–Crippen LogP) is -2.08. The molecule has 39 nitrogen and oxygen atoms in total. The third kappa shape index (κ3) is 27.3. The van der Waals surface area contributed by atoms with Gasteiger partial charge in [0, 0.05) is 82.1 Å². The number of carboxylic acids is 1. The van der Waals surface area contributed by atoms with Gasteiger partial charge in [-0.15, -0.1) is 0 Å². The number of carboxylic acid groups (broad SMARTS) is 1. The highest BCUT2D eigenvalue weighted by Gasteiger charge is 2.49. The first-order valence-electron chi connectivity index (χ1n) is 38.2. The van der Waals surface area contributed by atoms with Crippen molar-refractivity contribution in [2.45, 2.75) is 190 Å². The van der Waals surface area contributed by atoms with Crippen LogP contribution >= 0.6 is 0 Å². The lowest BCUT2D eigenvalue weighted by Crippen LogP contribution is -2.57. The van der Waals surface area contributed by atoms with Gasteiger partial charge in [-0.3, -0.25) is 61.8 Å². The van der Waals surface area contributed by atoms with Crippen LogP contribution in [0.25, 0.3) is 10.9 Å². The highest BCUT2D eigenvalue weighted by atomic mass is 32.2. The maximum absolute atomic E-state index is 15.3. The third-order valence-corrected chi connectivity index (χ3v) is 21.5. The number of aromatic nitrogens is 1. The van der Waals surface area contributed by atoms with Crippen molar-refractivity contribution >= 4 is 98.7 Å². The van der Waals surface area contributed by atoms with E-state index in [2.05, 4.69) is 42.4 Å². The van der Waals surface area contributed by atoms with Gasteiger partial charge >= 0.3 is 18.2 Å². The Labute approximate surface area is 665 Å². The third-order valence-electron chi connectivity index (χ3n) is 20.1. The van der Waals surface area contributed by atoms with E-state index in [4.69, 9.17) is 39.0 Å². The summed E-state index contributed by atoms with van der Waals surface area (Å²) in [6.07, 6.45) is -12.5. The largest absolute Gasteiger partial charge is 0.494 e. The van der Waals surface area contributed by atoms with Crippen molar-refractivity contribution in [2.24, 2.45) is 35.3 Å². The zero-order valence-electron chi connectivity index (χ0n) is 65.4. The summed E-state index contributed by atoms with van der Waals surface area (Å²) in [6, 6.07) is 2.60. The number of aliphatic hydroxyl groups is 6. The normalized spacial score (nSPS) is 25.1. The number of hydrogen-bond acceptors (Lipinski definition) is 27. The summed E-state index contributed by atoms with van der Waals surface area (Å²) in [4.78, 5) is 189. The molecule has 1 saturated carbocycles. The van der Waals surface area contributed by atoms with Gasteiger partial charge in [0.25, 0.3) is 5.91 Å². The summed E-state index contributed by atoms with van der Waals surface area (Å²) in [5.41, 5.74) is 7.68. The number of ketones is 2. The molecule has 2 fully saturated rings. The topological polar surface area (TPSA) is 578 Å². The van der Waals surface area contributed by atoms with E-state index < -0.39 is 254 Å². The van der Waals surface area contributed by atoms with Crippen LogP contribution in [0.5, 0.6) is 11.5 Å². The van der Waals surface area contributed by atoms with Crippen LogP contribution in [0.4, 0.5) is 9.59 Å². The van der Waals surface area contributed by atoms with E-state index in [9.17, 15) is 98.1 Å². The quantitative estimate of drug-likeness (QED) is 0.0243. The molecular weight excluding hydrogens is 1530 g/mol. The van der Waals surface area contributed by atoms with Crippen molar-refractivity contribution in [1.82, 2.24) is 52.2 Å². The number of hydroxylamine groups is 1. The number of Topliss-reactive ketones (excluding diaryl/α,β-unsaturated/α-hetero) is 2. The Kier molecular flexibility index (Phi) is 35.4. The van der Waals surface area contributed by atoms with Gasteiger partial charge in [0.05, 0.1) is 129 Å². The van der Waals surface area contributed by atoms with Crippen LogP contribution in [0.3, 0.4) is 0 Å². The van der Waals surface area contributed by atoms with Crippen LogP contribution in [-0.2, 0) is 95.6 Å². The number of carbonyl (C=O) groups is 13. The Morgan fingerprint density at radius 1 is 0.774 bits per heavy atom. The smallest absolute Gasteiger partial charge is 0.431 e. The van der Waals surface area contributed by atoms with Crippen LogP contribution in [0.1, 0.15) is 127 Å². The predicted molar refractivity (Wildman–Crippen MR) is 404 cm³/mol. The molecule has 638 valence electrons. The lowest BCUT2D eigenvalue weighted by atomic mass is 9.80. The molecule has 0 radical (unpaired) electrons. The number of nitrogens with one attached hydrogen (secondary N) is 8. The number of amides is 10. The van der Waals surface area contributed by atoms with Crippen LogP contribution in [-0.4, -0.2) is 290 Å². The van der Waals surface area contributed by atoms with Gasteiger partial charge in [-0.2, -0.15) is 5.48 Å².